The van der Waals surface area contributed by atoms with E-state index >= 15 is 0 Å². The van der Waals surface area contributed by atoms with E-state index in [2.05, 4.69) is 48.4 Å². The van der Waals surface area contributed by atoms with Gasteiger partial charge >= 0.3 is 5.97 Å². The molecule has 0 saturated heterocycles. The zero-order chi connectivity index (χ0) is 16.6. The lowest BCUT2D eigenvalue weighted by Gasteiger charge is -2.18. The van der Waals surface area contributed by atoms with E-state index in [1.54, 1.807) is 12.1 Å². The summed E-state index contributed by atoms with van der Waals surface area (Å²) in [4.78, 5) is 16.2. The maximum absolute atomic E-state index is 11.9. The number of hydrogen-bond donors (Lipinski definition) is 0. The second kappa shape index (κ2) is 5.96. The third-order valence-electron chi connectivity index (χ3n) is 3.49. The van der Waals surface area contributed by atoms with Crippen molar-refractivity contribution in [3.8, 4) is 0 Å². The van der Waals surface area contributed by atoms with Gasteiger partial charge in [-0.3, -0.25) is 0 Å². The first kappa shape index (κ1) is 16.0. The van der Waals surface area contributed by atoms with Crippen LogP contribution in [0.5, 0.6) is 0 Å². The number of ether oxygens (including phenoxy) is 1. The molecular weight excluding hydrogens is 405 g/mol. The van der Waals surface area contributed by atoms with Crippen LogP contribution in [0.15, 0.2) is 51.5 Å². The molecule has 1 aliphatic heterocycles. The number of halogens is 1. The van der Waals surface area contributed by atoms with Crippen LogP contribution in [0.4, 0.5) is 0 Å². The van der Waals surface area contributed by atoms with E-state index in [0.717, 1.165) is 9.33 Å². The highest BCUT2D eigenvalue weighted by molar-refractivity contribution is 14.1. The predicted octanol–water partition coefficient (Wildman–Crippen LogP) is 4.53. The second-order valence-electron chi connectivity index (χ2n) is 6.31. The Hall–Kier alpha value is -1.89. The minimum atomic E-state index is -0.466. The van der Waals surface area contributed by atoms with E-state index in [9.17, 15) is 4.79 Å². The fourth-order valence-corrected chi connectivity index (χ4v) is 2.62. The molecule has 1 aromatic heterocycles. The monoisotopic (exact) mass is 421 g/mol. The molecule has 0 aliphatic carbocycles. The molecule has 0 unspecified atom stereocenters. The van der Waals surface area contributed by atoms with Crippen molar-refractivity contribution in [2.75, 3.05) is 0 Å². The van der Waals surface area contributed by atoms with Crippen LogP contribution in [0.25, 0.3) is 6.08 Å². The third-order valence-corrected chi connectivity index (χ3v) is 4.07. The zero-order valence-electron chi connectivity index (χ0n) is 13.1. The standard InChI is InChI=1S/C18H16INO3/c1-18(2,3)12-6-4-11(5-7-12)16-20-14(17(21)23-16)10-13-8-9-15(19)22-13/h4-10H,1-3H3/b14-10+. The van der Waals surface area contributed by atoms with Gasteiger partial charge in [0.25, 0.3) is 0 Å². The molecule has 0 spiro atoms. The van der Waals surface area contributed by atoms with Gasteiger partial charge in [-0.05, 0) is 57.8 Å². The van der Waals surface area contributed by atoms with E-state index in [1.165, 1.54) is 5.56 Å². The van der Waals surface area contributed by atoms with Gasteiger partial charge in [0.15, 0.2) is 9.46 Å². The van der Waals surface area contributed by atoms with Gasteiger partial charge in [-0.15, -0.1) is 0 Å². The Balaban J connectivity index is 1.88. The van der Waals surface area contributed by atoms with Crippen LogP contribution in [0.1, 0.15) is 37.7 Å². The SMILES string of the molecule is CC(C)(C)c1ccc(C2=N/C(=C/c3ccc(I)o3)C(=O)O2)cc1. The quantitative estimate of drug-likeness (QED) is 0.407. The molecule has 0 bridgehead atoms. The Morgan fingerprint density at radius 3 is 2.35 bits per heavy atom. The highest BCUT2D eigenvalue weighted by Gasteiger charge is 2.25. The topological polar surface area (TPSA) is 51.8 Å². The van der Waals surface area contributed by atoms with E-state index in [1.807, 2.05) is 30.3 Å². The van der Waals surface area contributed by atoms with Crippen LogP contribution in [0.2, 0.25) is 0 Å². The Morgan fingerprint density at radius 2 is 1.78 bits per heavy atom. The molecule has 5 heteroatoms. The van der Waals surface area contributed by atoms with Gasteiger partial charge in [0, 0.05) is 11.6 Å². The Kier molecular flexibility index (Phi) is 4.14. The first-order valence-electron chi connectivity index (χ1n) is 7.22. The molecule has 0 amide bonds. The summed E-state index contributed by atoms with van der Waals surface area (Å²) in [5, 5.41) is 0. The molecule has 118 valence electrons. The summed E-state index contributed by atoms with van der Waals surface area (Å²) in [5.74, 6) is 0.434. The van der Waals surface area contributed by atoms with Crippen LogP contribution >= 0.6 is 22.6 Å². The smallest absolute Gasteiger partial charge is 0.363 e. The second-order valence-corrected chi connectivity index (χ2v) is 7.37. The van der Waals surface area contributed by atoms with E-state index < -0.39 is 5.97 Å². The van der Waals surface area contributed by atoms with Crippen LogP contribution in [-0.4, -0.2) is 11.9 Å². The molecule has 4 nitrogen and oxygen atoms in total. The van der Waals surface area contributed by atoms with Crippen LogP contribution in [0, 0.1) is 3.77 Å². The Bertz CT molecular complexity index is 808. The zero-order valence-corrected chi connectivity index (χ0v) is 15.2. The molecule has 23 heavy (non-hydrogen) atoms. The number of cyclic esters (lactones) is 1. The molecule has 1 aromatic carbocycles. The number of carbonyl (C=O) groups excluding carboxylic acids is 1. The average Bonchev–Trinajstić information content (AvgIpc) is 3.05. The van der Waals surface area contributed by atoms with Gasteiger partial charge in [-0.25, -0.2) is 9.79 Å². The van der Waals surface area contributed by atoms with Crippen molar-refractivity contribution < 1.29 is 13.9 Å². The first-order chi connectivity index (χ1) is 10.8. The molecule has 0 fully saturated rings. The fourth-order valence-electron chi connectivity index (χ4n) is 2.19. The molecule has 2 heterocycles. The normalized spacial score (nSPS) is 16.6. The highest BCUT2D eigenvalue weighted by Crippen LogP contribution is 2.24. The Morgan fingerprint density at radius 1 is 1.09 bits per heavy atom. The van der Waals surface area contributed by atoms with Crippen molar-refractivity contribution in [2.45, 2.75) is 26.2 Å². The summed E-state index contributed by atoms with van der Waals surface area (Å²) >= 11 is 2.07. The Labute approximate surface area is 148 Å². The lowest BCUT2D eigenvalue weighted by Crippen LogP contribution is -2.11. The molecular formula is C18H16INO3. The van der Waals surface area contributed by atoms with Crippen molar-refractivity contribution in [3.63, 3.8) is 0 Å². The summed E-state index contributed by atoms with van der Waals surface area (Å²) in [7, 11) is 0. The van der Waals surface area contributed by atoms with Crippen molar-refractivity contribution in [2.24, 2.45) is 4.99 Å². The van der Waals surface area contributed by atoms with Crippen molar-refractivity contribution >= 4 is 40.5 Å². The number of nitrogens with zero attached hydrogens (tertiary/aromatic N) is 1. The van der Waals surface area contributed by atoms with Crippen LogP contribution < -0.4 is 0 Å². The molecule has 2 aromatic rings. The number of esters is 1. The number of hydrogen-bond acceptors (Lipinski definition) is 4. The molecule has 0 N–H and O–H groups in total. The number of carbonyl (C=O) groups is 1. The van der Waals surface area contributed by atoms with Crippen molar-refractivity contribution in [1.82, 2.24) is 0 Å². The van der Waals surface area contributed by atoms with E-state index in [4.69, 9.17) is 9.15 Å². The summed E-state index contributed by atoms with van der Waals surface area (Å²) in [5.41, 5.74) is 2.32. The lowest BCUT2D eigenvalue weighted by atomic mass is 9.87. The molecule has 0 saturated carbocycles. The van der Waals surface area contributed by atoms with Gasteiger partial charge in [0.2, 0.25) is 5.90 Å². The maximum Gasteiger partial charge on any atom is 0.363 e. The van der Waals surface area contributed by atoms with Gasteiger partial charge < -0.3 is 9.15 Å². The van der Waals surface area contributed by atoms with Gasteiger partial charge in [-0.1, -0.05) is 32.9 Å². The summed E-state index contributed by atoms with van der Waals surface area (Å²) < 4.78 is 11.4. The highest BCUT2D eigenvalue weighted by atomic mass is 127. The molecule has 0 atom stereocenters. The largest absolute Gasteiger partial charge is 0.451 e. The predicted molar refractivity (Wildman–Crippen MR) is 97.2 cm³/mol. The van der Waals surface area contributed by atoms with E-state index in [-0.39, 0.29) is 11.1 Å². The lowest BCUT2D eigenvalue weighted by molar-refractivity contribution is -0.129. The van der Waals surface area contributed by atoms with E-state index in [0.29, 0.717) is 11.7 Å². The van der Waals surface area contributed by atoms with Gasteiger partial charge in [0.1, 0.15) is 5.76 Å². The first-order valence-corrected chi connectivity index (χ1v) is 8.29. The van der Waals surface area contributed by atoms with Crippen LogP contribution in [-0.2, 0) is 14.9 Å². The number of aliphatic imine (C=N–C) groups is 1. The summed E-state index contributed by atoms with van der Waals surface area (Å²) in [6.07, 6.45) is 1.58. The maximum atomic E-state index is 11.9. The van der Waals surface area contributed by atoms with Crippen LogP contribution in [0.3, 0.4) is 0 Å². The minimum Gasteiger partial charge on any atom is -0.451 e. The number of rotatable bonds is 2. The fraction of sp³-hybridized carbons (Fsp3) is 0.222. The number of furan rings is 1. The van der Waals surface area contributed by atoms with Gasteiger partial charge in [0.05, 0.1) is 0 Å². The molecule has 0 radical (unpaired) electrons. The molecule has 3 rings (SSSR count). The number of benzene rings is 1. The van der Waals surface area contributed by atoms with Crippen molar-refractivity contribution in [1.29, 1.82) is 0 Å². The van der Waals surface area contributed by atoms with Crippen molar-refractivity contribution in [3.05, 3.63) is 62.7 Å². The average molecular weight is 421 g/mol. The molecule has 1 aliphatic rings. The van der Waals surface area contributed by atoms with Gasteiger partial charge in [-0.2, -0.15) is 0 Å². The third kappa shape index (κ3) is 3.55. The summed E-state index contributed by atoms with van der Waals surface area (Å²) in [6, 6.07) is 11.5. The summed E-state index contributed by atoms with van der Waals surface area (Å²) in [6.45, 7) is 6.46. The minimum absolute atomic E-state index is 0.0776.